The number of para-hydroxylation sites is 2. The summed E-state index contributed by atoms with van der Waals surface area (Å²) < 4.78 is 5.35. The van der Waals surface area contributed by atoms with Gasteiger partial charge in [-0.25, -0.2) is 4.79 Å². The first-order valence-electron chi connectivity index (χ1n) is 9.09. The van der Waals surface area contributed by atoms with Crippen LogP contribution in [0.5, 0.6) is 5.75 Å². The zero-order chi connectivity index (χ0) is 17.8. The highest BCUT2D eigenvalue weighted by atomic mass is 16.5. The zero-order valence-electron chi connectivity index (χ0n) is 15.4. The van der Waals surface area contributed by atoms with E-state index in [9.17, 15) is 4.79 Å². The highest BCUT2D eigenvalue weighted by molar-refractivity contribution is 5.91. The molecule has 5 heteroatoms. The van der Waals surface area contributed by atoms with E-state index in [4.69, 9.17) is 4.74 Å². The molecule has 2 amide bonds. The Morgan fingerprint density at radius 2 is 2.00 bits per heavy atom. The number of benzene rings is 1. The topological polar surface area (TPSA) is 44.8 Å². The Morgan fingerprint density at radius 1 is 1.20 bits per heavy atom. The van der Waals surface area contributed by atoms with Gasteiger partial charge in [-0.2, -0.15) is 0 Å². The first kappa shape index (κ1) is 17.8. The molecule has 1 saturated carbocycles. The summed E-state index contributed by atoms with van der Waals surface area (Å²) in [5.41, 5.74) is 0.720. The molecule has 1 aromatic carbocycles. The number of methoxy groups -OCH3 is 1. The summed E-state index contributed by atoms with van der Waals surface area (Å²) in [5.74, 6) is 2.64. The van der Waals surface area contributed by atoms with Crippen molar-refractivity contribution in [1.29, 1.82) is 0 Å². The van der Waals surface area contributed by atoms with Crippen molar-refractivity contribution in [3.05, 3.63) is 36.4 Å². The summed E-state index contributed by atoms with van der Waals surface area (Å²) in [7, 11) is 5.70. The third-order valence-corrected chi connectivity index (χ3v) is 5.32. The van der Waals surface area contributed by atoms with E-state index in [0.717, 1.165) is 31.2 Å². The van der Waals surface area contributed by atoms with Crippen LogP contribution in [-0.4, -0.2) is 56.7 Å². The molecule has 5 nitrogen and oxygen atoms in total. The summed E-state index contributed by atoms with van der Waals surface area (Å²) in [6.07, 6.45) is 7.17. The van der Waals surface area contributed by atoms with Crippen molar-refractivity contribution in [2.24, 2.45) is 17.8 Å². The van der Waals surface area contributed by atoms with Crippen molar-refractivity contribution >= 4 is 11.7 Å². The number of hydrogen-bond donors (Lipinski definition) is 1. The summed E-state index contributed by atoms with van der Waals surface area (Å²) in [5, 5.41) is 3.03. The first-order valence-corrected chi connectivity index (χ1v) is 9.09. The molecule has 2 aliphatic carbocycles. The maximum absolute atomic E-state index is 12.9. The van der Waals surface area contributed by atoms with Gasteiger partial charge in [-0.15, -0.1) is 0 Å². The number of ether oxygens (including phenoxy) is 1. The van der Waals surface area contributed by atoms with Gasteiger partial charge < -0.3 is 19.9 Å². The fourth-order valence-electron chi connectivity index (χ4n) is 3.93. The molecule has 0 aromatic heterocycles. The van der Waals surface area contributed by atoms with E-state index in [-0.39, 0.29) is 6.03 Å². The van der Waals surface area contributed by atoms with Crippen LogP contribution in [0.15, 0.2) is 36.4 Å². The van der Waals surface area contributed by atoms with E-state index >= 15 is 0 Å². The highest BCUT2D eigenvalue weighted by Crippen LogP contribution is 2.43. The Hall–Kier alpha value is -2.01. The molecule has 3 atom stereocenters. The molecule has 0 spiro atoms. The third-order valence-electron chi connectivity index (χ3n) is 5.32. The number of hydrogen-bond acceptors (Lipinski definition) is 3. The quantitative estimate of drug-likeness (QED) is 0.773. The monoisotopic (exact) mass is 343 g/mol. The number of carbonyl (C=O) groups is 1. The fourth-order valence-corrected chi connectivity index (χ4v) is 3.93. The second kappa shape index (κ2) is 7.91. The molecule has 0 radical (unpaired) electrons. The number of urea groups is 1. The van der Waals surface area contributed by atoms with Gasteiger partial charge in [0.25, 0.3) is 0 Å². The second-order valence-electron chi connectivity index (χ2n) is 7.42. The zero-order valence-corrected chi connectivity index (χ0v) is 15.4. The summed E-state index contributed by atoms with van der Waals surface area (Å²) in [4.78, 5) is 17.0. The van der Waals surface area contributed by atoms with E-state index in [2.05, 4.69) is 22.4 Å². The lowest BCUT2D eigenvalue weighted by Gasteiger charge is -2.30. The average Bonchev–Trinajstić information content (AvgIpc) is 3.21. The molecule has 2 bridgehead atoms. The molecule has 0 aliphatic heterocycles. The van der Waals surface area contributed by atoms with Gasteiger partial charge in [-0.3, -0.25) is 0 Å². The molecule has 0 heterocycles. The van der Waals surface area contributed by atoms with Crippen molar-refractivity contribution in [2.45, 2.75) is 12.8 Å². The number of anilines is 1. The van der Waals surface area contributed by atoms with Crippen molar-refractivity contribution in [2.75, 3.05) is 46.2 Å². The Bertz CT molecular complexity index is 629. The number of nitrogens with zero attached hydrogens (tertiary/aromatic N) is 2. The average molecular weight is 343 g/mol. The Morgan fingerprint density at radius 3 is 2.64 bits per heavy atom. The predicted octanol–water partition coefficient (Wildman–Crippen LogP) is 3.30. The largest absolute Gasteiger partial charge is 0.495 e. The highest BCUT2D eigenvalue weighted by Gasteiger charge is 2.37. The van der Waals surface area contributed by atoms with Gasteiger partial charge in [0.1, 0.15) is 5.75 Å². The molecule has 2 aliphatic rings. The van der Waals surface area contributed by atoms with Gasteiger partial charge in [-0.05, 0) is 56.8 Å². The van der Waals surface area contributed by atoms with Gasteiger partial charge in [0.05, 0.1) is 12.8 Å². The maximum Gasteiger partial charge on any atom is 0.322 e. The minimum Gasteiger partial charge on any atom is -0.495 e. The van der Waals surface area contributed by atoms with Crippen molar-refractivity contribution < 1.29 is 9.53 Å². The lowest BCUT2D eigenvalue weighted by molar-refractivity contribution is 0.188. The smallest absolute Gasteiger partial charge is 0.322 e. The van der Waals surface area contributed by atoms with Gasteiger partial charge in [0.15, 0.2) is 0 Å². The molecule has 136 valence electrons. The van der Waals surface area contributed by atoms with E-state index in [1.807, 2.05) is 43.3 Å². The first-order chi connectivity index (χ1) is 12.1. The summed E-state index contributed by atoms with van der Waals surface area (Å²) in [6, 6.07) is 7.50. The third kappa shape index (κ3) is 4.34. The number of rotatable bonds is 7. The number of nitrogens with one attached hydrogen (secondary N) is 1. The Labute approximate surface area is 150 Å². The van der Waals surface area contributed by atoms with Crippen LogP contribution in [0.4, 0.5) is 10.5 Å². The number of likely N-dealkylation sites (N-methyl/N-ethyl adjacent to an activating group) is 1. The van der Waals surface area contributed by atoms with Gasteiger partial charge in [0, 0.05) is 19.6 Å². The molecule has 3 unspecified atom stereocenters. The second-order valence-corrected chi connectivity index (χ2v) is 7.42. The number of amides is 2. The molecular formula is C20H29N3O2. The van der Waals surface area contributed by atoms with E-state index < -0.39 is 0 Å². The normalized spacial score (nSPS) is 23.9. The van der Waals surface area contributed by atoms with Crippen LogP contribution in [0.2, 0.25) is 0 Å². The minimum atomic E-state index is -0.0434. The van der Waals surface area contributed by atoms with Gasteiger partial charge in [-0.1, -0.05) is 24.3 Å². The number of carbonyl (C=O) groups excluding carboxylic acids is 1. The van der Waals surface area contributed by atoms with Crippen LogP contribution < -0.4 is 10.1 Å². The van der Waals surface area contributed by atoms with Crippen molar-refractivity contribution in [1.82, 2.24) is 9.80 Å². The van der Waals surface area contributed by atoms with E-state index in [1.54, 1.807) is 7.11 Å². The molecular weight excluding hydrogens is 314 g/mol. The van der Waals surface area contributed by atoms with Gasteiger partial charge in [0.2, 0.25) is 0 Å². The number of fused-ring (bicyclic) bond motifs is 2. The predicted molar refractivity (Wildman–Crippen MR) is 101 cm³/mol. The molecule has 1 fully saturated rings. The van der Waals surface area contributed by atoms with Gasteiger partial charge >= 0.3 is 6.03 Å². The Kier molecular flexibility index (Phi) is 5.63. The van der Waals surface area contributed by atoms with Crippen LogP contribution in [0.25, 0.3) is 0 Å². The van der Waals surface area contributed by atoms with Crippen LogP contribution in [0.3, 0.4) is 0 Å². The molecule has 3 rings (SSSR count). The van der Waals surface area contributed by atoms with E-state index in [0.29, 0.717) is 17.6 Å². The van der Waals surface area contributed by atoms with Crippen LogP contribution >= 0.6 is 0 Å². The Balaban J connectivity index is 1.67. The molecule has 0 saturated heterocycles. The van der Waals surface area contributed by atoms with Crippen LogP contribution in [-0.2, 0) is 0 Å². The lowest BCUT2D eigenvalue weighted by atomic mass is 9.93. The summed E-state index contributed by atoms with van der Waals surface area (Å²) in [6.45, 7) is 2.40. The van der Waals surface area contributed by atoms with Crippen LogP contribution in [0.1, 0.15) is 12.8 Å². The molecule has 1 N–H and O–H groups in total. The standard InChI is InChI=1S/C20H29N3O2/c1-22(2)10-11-23(14-17-13-15-8-9-16(17)12-15)20(24)21-18-6-4-5-7-19(18)25-3/h4-9,15-17H,10-14H2,1-3H3,(H,21,24). The summed E-state index contributed by atoms with van der Waals surface area (Å²) >= 11 is 0. The van der Waals surface area contributed by atoms with Crippen molar-refractivity contribution in [3.8, 4) is 5.75 Å². The maximum atomic E-state index is 12.9. The van der Waals surface area contributed by atoms with Crippen molar-refractivity contribution in [3.63, 3.8) is 0 Å². The lowest BCUT2D eigenvalue weighted by Crippen LogP contribution is -2.42. The fraction of sp³-hybridized carbons (Fsp3) is 0.550. The van der Waals surface area contributed by atoms with Crippen LogP contribution in [0, 0.1) is 17.8 Å². The molecule has 25 heavy (non-hydrogen) atoms. The number of allylic oxidation sites excluding steroid dienone is 2. The SMILES string of the molecule is COc1ccccc1NC(=O)N(CCN(C)C)CC1CC2C=CC1C2. The minimum absolute atomic E-state index is 0.0434. The van der Waals surface area contributed by atoms with E-state index in [1.165, 1.54) is 12.8 Å². The molecule has 1 aromatic rings.